The molecule has 0 atom stereocenters. The topological polar surface area (TPSA) is 70.1 Å². The molecule has 6 heteroatoms. The number of nitrogens with two attached hydrogens (primary N) is 1. The van der Waals surface area contributed by atoms with Crippen LogP contribution in [0, 0.1) is 6.92 Å². The van der Waals surface area contributed by atoms with Crippen molar-refractivity contribution >= 4 is 17.2 Å². The van der Waals surface area contributed by atoms with Gasteiger partial charge in [0.1, 0.15) is 17.3 Å². The molecule has 2 N–H and O–H groups in total. The zero-order chi connectivity index (χ0) is 14.5. The van der Waals surface area contributed by atoms with Crippen LogP contribution >= 0.6 is 12.2 Å². The summed E-state index contributed by atoms with van der Waals surface area (Å²) in [6.07, 6.45) is 0. The summed E-state index contributed by atoms with van der Waals surface area (Å²) >= 11 is 4.87. The largest absolute Gasteiger partial charge is 0.492 e. The van der Waals surface area contributed by atoms with Gasteiger partial charge >= 0.3 is 0 Å². The fourth-order valence-electron chi connectivity index (χ4n) is 1.68. The van der Waals surface area contributed by atoms with Crippen LogP contribution in [0.5, 0.6) is 5.75 Å². The van der Waals surface area contributed by atoms with E-state index in [-0.39, 0.29) is 5.56 Å². The van der Waals surface area contributed by atoms with Crippen LogP contribution < -0.4 is 16.0 Å². The van der Waals surface area contributed by atoms with Crippen molar-refractivity contribution in [2.75, 3.05) is 6.61 Å². The molecular weight excluding hydrogens is 274 g/mol. The third kappa shape index (κ3) is 3.64. The lowest BCUT2D eigenvalue weighted by Crippen LogP contribution is -2.25. The van der Waals surface area contributed by atoms with Crippen molar-refractivity contribution in [3.63, 3.8) is 0 Å². The molecule has 0 radical (unpaired) electrons. The number of hydrogen-bond donors (Lipinski definition) is 1. The Hall–Kier alpha value is -2.21. The Kier molecular flexibility index (Phi) is 4.47. The monoisotopic (exact) mass is 289 g/mol. The second kappa shape index (κ2) is 6.29. The molecule has 0 aliphatic carbocycles. The number of nitrogens with zero attached hydrogens (tertiary/aromatic N) is 2. The van der Waals surface area contributed by atoms with Crippen molar-refractivity contribution in [2.45, 2.75) is 13.5 Å². The van der Waals surface area contributed by atoms with Gasteiger partial charge in [0.05, 0.1) is 12.2 Å². The molecular formula is C14H15N3O2S. The molecule has 0 saturated carbocycles. The van der Waals surface area contributed by atoms with Gasteiger partial charge in [0.2, 0.25) is 0 Å². The Morgan fingerprint density at radius 2 is 2.00 bits per heavy atom. The van der Waals surface area contributed by atoms with E-state index in [1.54, 1.807) is 30.3 Å². The van der Waals surface area contributed by atoms with E-state index in [0.29, 0.717) is 23.9 Å². The second-order valence-corrected chi connectivity index (χ2v) is 4.71. The van der Waals surface area contributed by atoms with E-state index < -0.39 is 0 Å². The summed E-state index contributed by atoms with van der Waals surface area (Å²) in [6, 6.07) is 10.4. The predicted molar refractivity (Wildman–Crippen MR) is 81.1 cm³/mol. The predicted octanol–water partition coefficient (Wildman–Crippen LogP) is 1.26. The molecule has 1 aromatic carbocycles. The molecule has 5 nitrogen and oxygen atoms in total. The van der Waals surface area contributed by atoms with Gasteiger partial charge in [0, 0.05) is 11.6 Å². The number of aryl methyl sites for hydroxylation is 1. The number of ether oxygens (including phenoxy) is 1. The van der Waals surface area contributed by atoms with E-state index in [1.807, 2.05) is 6.92 Å². The summed E-state index contributed by atoms with van der Waals surface area (Å²) in [5, 5.41) is 4.13. The molecule has 0 spiro atoms. The van der Waals surface area contributed by atoms with Gasteiger partial charge in [-0.25, -0.2) is 4.68 Å². The highest BCUT2D eigenvalue weighted by atomic mass is 32.1. The highest BCUT2D eigenvalue weighted by molar-refractivity contribution is 7.80. The smallest absolute Gasteiger partial charge is 0.266 e. The lowest BCUT2D eigenvalue weighted by Gasteiger charge is -2.08. The molecule has 2 rings (SSSR count). The molecule has 0 aliphatic rings. The summed E-state index contributed by atoms with van der Waals surface area (Å²) in [5.41, 5.74) is 6.97. The Morgan fingerprint density at radius 3 is 2.65 bits per heavy atom. The maximum atomic E-state index is 11.6. The number of aromatic nitrogens is 2. The van der Waals surface area contributed by atoms with E-state index in [4.69, 9.17) is 22.7 Å². The average molecular weight is 289 g/mol. The molecule has 0 amide bonds. The SMILES string of the molecule is Cc1ccc(=O)n(CCOc2ccc(C(N)=S)cc2)n1. The molecule has 0 aliphatic heterocycles. The first-order chi connectivity index (χ1) is 9.56. The van der Waals surface area contributed by atoms with Crippen molar-refractivity contribution < 1.29 is 4.74 Å². The van der Waals surface area contributed by atoms with Crippen LogP contribution in [0.3, 0.4) is 0 Å². The third-order valence-electron chi connectivity index (χ3n) is 2.71. The quantitative estimate of drug-likeness (QED) is 0.839. The van der Waals surface area contributed by atoms with Crippen LogP contribution in [0.2, 0.25) is 0 Å². The van der Waals surface area contributed by atoms with Crippen LogP contribution in [0.25, 0.3) is 0 Å². The molecule has 0 fully saturated rings. The van der Waals surface area contributed by atoms with Gasteiger partial charge in [-0.2, -0.15) is 5.10 Å². The van der Waals surface area contributed by atoms with Gasteiger partial charge < -0.3 is 10.5 Å². The normalized spacial score (nSPS) is 10.2. The Bertz CT molecular complexity index is 665. The van der Waals surface area contributed by atoms with Gasteiger partial charge in [-0.15, -0.1) is 0 Å². The van der Waals surface area contributed by atoms with Crippen LogP contribution in [-0.4, -0.2) is 21.4 Å². The lowest BCUT2D eigenvalue weighted by atomic mass is 10.2. The molecule has 20 heavy (non-hydrogen) atoms. The van der Waals surface area contributed by atoms with Crippen LogP contribution in [0.4, 0.5) is 0 Å². The molecule has 1 heterocycles. The van der Waals surface area contributed by atoms with Crippen molar-refractivity contribution in [1.29, 1.82) is 0 Å². The Labute approximate surface area is 122 Å². The first kappa shape index (κ1) is 14.2. The fourth-order valence-corrected chi connectivity index (χ4v) is 1.81. The summed E-state index contributed by atoms with van der Waals surface area (Å²) in [5.74, 6) is 0.700. The third-order valence-corrected chi connectivity index (χ3v) is 2.95. The number of hydrogen-bond acceptors (Lipinski definition) is 4. The average Bonchev–Trinajstić information content (AvgIpc) is 2.43. The minimum atomic E-state index is -0.136. The zero-order valence-corrected chi connectivity index (χ0v) is 11.9. The van der Waals surface area contributed by atoms with Gasteiger partial charge in [-0.3, -0.25) is 4.79 Å². The minimum Gasteiger partial charge on any atom is -0.492 e. The van der Waals surface area contributed by atoms with Gasteiger partial charge in [-0.1, -0.05) is 12.2 Å². The molecule has 0 bridgehead atoms. The summed E-state index contributed by atoms with van der Waals surface area (Å²) in [7, 11) is 0. The van der Waals surface area contributed by atoms with E-state index in [9.17, 15) is 4.79 Å². The van der Waals surface area contributed by atoms with Crippen molar-refractivity contribution in [1.82, 2.24) is 9.78 Å². The van der Waals surface area contributed by atoms with Crippen molar-refractivity contribution in [3.05, 3.63) is 58.0 Å². The molecule has 104 valence electrons. The van der Waals surface area contributed by atoms with E-state index in [2.05, 4.69) is 5.10 Å². The minimum absolute atomic E-state index is 0.136. The Morgan fingerprint density at radius 1 is 1.30 bits per heavy atom. The summed E-state index contributed by atoms with van der Waals surface area (Å²) < 4.78 is 6.94. The maximum Gasteiger partial charge on any atom is 0.266 e. The summed E-state index contributed by atoms with van der Waals surface area (Å²) in [6.45, 7) is 2.60. The number of rotatable bonds is 5. The molecule has 1 aromatic heterocycles. The molecule has 2 aromatic rings. The number of benzene rings is 1. The second-order valence-electron chi connectivity index (χ2n) is 4.27. The van der Waals surface area contributed by atoms with Crippen LogP contribution in [-0.2, 0) is 6.54 Å². The van der Waals surface area contributed by atoms with Gasteiger partial charge in [0.25, 0.3) is 5.56 Å². The lowest BCUT2D eigenvalue weighted by molar-refractivity contribution is 0.287. The maximum absolute atomic E-state index is 11.6. The van der Waals surface area contributed by atoms with E-state index >= 15 is 0 Å². The first-order valence-corrected chi connectivity index (χ1v) is 6.54. The van der Waals surface area contributed by atoms with Crippen LogP contribution in [0.15, 0.2) is 41.2 Å². The van der Waals surface area contributed by atoms with Crippen LogP contribution in [0.1, 0.15) is 11.3 Å². The van der Waals surface area contributed by atoms with E-state index in [0.717, 1.165) is 11.3 Å². The fraction of sp³-hybridized carbons (Fsp3) is 0.214. The highest BCUT2D eigenvalue weighted by Gasteiger charge is 2.00. The van der Waals surface area contributed by atoms with Gasteiger partial charge in [-0.05, 0) is 37.3 Å². The van der Waals surface area contributed by atoms with Crippen molar-refractivity contribution in [3.8, 4) is 5.75 Å². The zero-order valence-electron chi connectivity index (χ0n) is 11.1. The molecule has 0 saturated heterocycles. The number of thiocarbonyl (C=S) groups is 1. The van der Waals surface area contributed by atoms with Gasteiger partial charge in [0.15, 0.2) is 0 Å². The van der Waals surface area contributed by atoms with E-state index in [1.165, 1.54) is 10.7 Å². The first-order valence-electron chi connectivity index (χ1n) is 6.14. The molecule has 0 unspecified atom stereocenters. The Balaban J connectivity index is 1.94. The summed E-state index contributed by atoms with van der Waals surface area (Å²) in [4.78, 5) is 11.9. The standard InChI is InChI=1S/C14H15N3O2S/c1-10-2-7-13(18)17(16-10)8-9-19-12-5-3-11(4-6-12)14(15)20/h2-7H,8-9H2,1H3,(H2,15,20). The van der Waals surface area contributed by atoms with Crippen molar-refractivity contribution in [2.24, 2.45) is 5.73 Å². The highest BCUT2D eigenvalue weighted by Crippen LogP contribution is 2.11.